The Balaban J connectivity index is 2.02. The number of imidazole rings is 1. The van der Waals surface area contributed by atoms with Crippen molar-refractivity contribution in [3.63, 3.8) is 0 Å². The number of unbranched alkanes of at least 4 members (excludes halogenated alkanes) is 21. The Kier molecular flexibility index (Phi) is 22.9. The van der Waals surface area contributed by atoms with Gasteiger partial charge in [0.1, 0.15) is 12.4 Å². The molecular formula is C33H65N2+. The Morgan fingerprint density at radius 1 is 0.486 bits per heavy atom. The van der Waals surface area contributed by atoms with Crippen molar-refractivity contribution < 1.29 is 4.57 Å². The summed E-state index contributed by atoms with van der Waals surface area (Å²) in [5.41, 5.74) is 0. The van der Waals surface area contributed by atoms with Crippen LogP contribution in [0, 0.1) is 0 Å². The average Bonchev–Trinajstić information content (AvgIpc) is 3.25. The van der Waals surface area contributed by atoms with Gasteiger partial charge >= 0.3 is 0 Å². The molecule has 1 aromatic heterocycles. The number of nitrogens with zero attached hydrogens (tertiary/aromatic N) is 2. The molecule has 0 aromatic carbocycles. The van der Waals surface area contributed by atoms with Crippen molar-refractivity contribution in [1.82, 2.24) is 4.57 Å². The lowest BCUT2D eigenvalue weighted by atomic mass is 10.0. The van der Waals surface area contributed by atoms with Crippen molar-refractivity contribution in [3.8, 4) is 0 Å². The van der Waals surface area contributed by atoms with E-state index >= 15 is 0 Å². The summed E-state index contributed by atoms with van der Waals surface area (Å²) in [6.07, 6.45) is 40.1. The number of hydrogen-bond acceptors (Lipinski definition) is 0. The zero-order valence-corrected chi connectivity index (χ0v) is 24.6. The fourth-order valence-electron chi connectivity index (χ4n) is 5.42. The van der Waals surface area contributed by atoms with Crippen LogP contribution >= 0.6 is 0 Å². The molecule has 0 aliphatic rings. The number of hydrogen-bond donors (Lipinski definition) is 0. The van der Waals surface area contributed by atoms with Crippen LogP contribution in [-0.4, -0.2) is 4.57 Å². The van der Waals surface area contributed by atoms with Crippen LogP contribution in [0.4, 0.5) is 0 Å². The first-order valence-electron chi connectivity index (χ1n) is 16.4. The van der Waals surface area contributed by atoms with Gasteiger partial charge < -0.3 is 0 Å². The van der Waals surface area contributed by atoms with E-state index in [0.29, 0.717) is 0 Å². The number of rotatable bonds is 27. The smallest absolute Gasteiger partial charge is 0.234 e. The molecule has 2 nitrogen and oxygen atoms in total. The van der Waals surface area contributed by atoms with E-state index in [2.05, 4.69) is 42.3 Å². The van der Waals surface area contributed by atoms with Crippen molar-refractivity contribution in [2.75, 3.05) is 0 Å². The standard InChI is InChI=1S/C33H65N2/c1-4-7-10-12-13-14-15-16-17-18-19-20-21-22-23-25-27-30-35-32-31-34(33(35)28-9-6-3)29-26-24-11-8-5-2/h31-32H,4-30H2,1-3H3/q+1. The molecule has 1 heterocycles. The Morgan fingerprint density at radius 3 is 1.34 bits per heavy atom. The van der Waals surface area contributed by atoms with Crippen molar-refractivity contribution in [2.45, 2.75) is 194 Å². The average molecular weight is 490 g/mol. The third-order valence-electron chi connectivity index (χ3n) is 7.85. The SMILES string of the molecule is CCCCCCCCCCCCCCCCCCC[n+]1ccn(CCCCCCC)c1CCCC. The summed E-state index contributed by atoms with van der Waals surface area (Å²) in [6.45, 7) is 9.37. The summed E-state index contributed by atoms with van der Waals surface area (Å²) in [5, 5.41) is 0. The molecule has 0 bridgehead atoms. The molecule has 0 aliphatic carbocycles. The molecule has 0 N–H and O–H groups in total. The van der Waals surface area contributed by atoms with Gasteiger partial charge in [0.05, 0.1) is 13.1 Å². The van der Waals surface area contributed by atoms with Crippen LogP contribution in [0.5, 0.6) is 0 Å². The predicted molar refractivity (Wildman–Crippen MR) is 156 cm³/mol. The van der Waals surface area contributed by atoms with E-state index in [1.54, 1.807) is 5.82 Å². The quantitative estimate of drug-likeness (QED) is 0.0858. The Hall–Kier alpha value is -0.790. The monoisotopic (exact) mass is 490 g/mol. The molecule has 206 valence electrons. The van der Waals surface area contributed by atoms with E-state index in [9.17, 15) is 0 Å². The van der Waals surface area contributed by atoms with Gasteiger partial charge in [0.15, 0.2) is 0 Å². The van der Waals surface area contributed by atoms with E-state index in [0.717, 1.165) is 0 Å². The van der Waals surface area contributed by atoms with Crippen LogP contribution < -0.4 is 4.57 Å². The highest BCUT2D eigenvalue weighted by molar-refractivity contribution is 4.84. The lowest BCUT2D eigenvalue weighted by molar-refractivity contribution is -0.704. The third-order valence-corrected chi connectivity index (χ3v) is 7.85. The van der Waals surface area contributed by atoms with E-state index < -0.39 is 0 Å². The normalized spacial score (nSPS) is 11.5. The van der Waals surface area contributed by atoms with Crippen LogP contribution in [0.2, 0.25) is 0 Å². The Bertz CT molecular complexity index is 547. The first-order valence-corrected chi connectivity index (χ1v) is 16.4. The highest BCUT2D eigenvalue weighted by atomic mass is 15.1. The molecule has 0 amide bonds. The summed E-state index contributed by atoms with van der Waals surface area (Å²) >= 11 is 0. The Labute approximate surface area is 221 Å². The molecule has 0 saturated heterocycles. The van der Waals surface area contributed by atoms with E-state index in [-0.39, 0.29) is 0 Å². The molecule has 0 aliphatic heterocycles. The van der Waals surface area contributed by atoms with Crippen molar-refractivity contribution >= 4 is 0 Å². The minimum Gasteiger partial charge on any atom is -0.234 e. The zero-order chi connectivity index (χ0) is 25.2. The predicted octanol–water partition coefficient (Wildman–Crippen LogP) is 10.7. The summed E-state index contributed by atoms with van der Waals surface area (Å²) in [5.74, 6) is 1.58. The van der Waals surface area contributed by atoms with Gasteiger partial charge in [-0.2, -0.15) is 0 Å². The summed E-state index contributed by atoms with van der Waals surface area (Å²) in [4.78, 5) is 0. The maximum atomic E-state index is 2.58. The molecule has 0 saturated carbocycles. The fraction of sp³-hybridized carbons (Fsp3) is 0.909. The van der Waals surface area contributed by atoms with Crippen molar-refractivity contribution in [2.24, 2.45) is 0 Å². The van der Waals surface area contributed by atoms with Crippen molar-refractivity contribution in [3.05, 3.63) is 18.2 Å². The second kappa shape index (κ2) is 24.9. The molecular weight excluding hydrogens is 424 g/mol. The molecule has 1 rings (SSSR count). The van der Waals surface area contributed by atoms with Gasteiger partial charge in [-0.15, -0.1) is 0 Å². The number of aromatic nitrogens is 2. The highest BCUT2D eigenvalue weighted by Gasteiger charge is 2.16. The van der Waals surface area contributed by atoms with Gasteiger partial charge in [0.25, 0.3) is 5.82 Å². The summed E-state index contributed by atoms with van der Waals surface area (Å²) < 4.78 is 5.14. The van der Waals surface area contributed by atoms with Gasteiger partial charge in [-0.05, 0) is 32.1 Å². The molecule has 0 fully saturated rings. The topological polar surface area (TPSA) is 8.81 Å². The van der Waals surface area contributed by atoms with Crippen LogP contribution in [-0.2, 0) is 19.5 Å². The van der Waals surface area contributed by atoms with Crippen LogP contribution in [0.15, 0.2) is 12.4 Å². The lowest BCUT2D eigenvalue weighted by Gasteiger charge is -2.06. The molecule has 2 heteroatoms. The van der Waals surface area contributed by atoms with Crippen LogP contribution in [0.1, 0.15) is 181 Å². The molecule has 0 spiro atoms. The molecule has 0 atom stereocenters. The summed E-state index contributed by atoms with van der Waals surface area (Å²) in [6, 6.07) is 0. The fourth-order valence-corrected chi connectivity index (χ4v) is 5.42. The molecule has 1 aromatic rings. The Morgan fingerprint density at radius 2 is 0.886 bits per heavy atom. The molecule has 0 radical (unpaired) electrons. The summed E-state index contributed by atoms with van der Waals surface area (Å²) in [7, 11) is 0. The van der Waals surface area contributed by atoms with Gasteiger partial charge in [-0.3, -0.25) is 0 Å². The largest absolute Gasteiger partial charge is 0.256 e. The van der Waals surface area contributed by atoms with E-state index in [1.807, 2.05) is 0 Å². The third kappa shape index (κ3) is 18.2. The second-order valence-electron chi connectivity index (χ2n) is 11.3. The van der Waals surface area contributed by atoms with E-state index in [1.165, 1.54) is 174 Å². The van der Waals surface area contributed by atoms with Gasteiger partial charge in [0, 0.05) is 6.42 Å². The first kappa shape index (κ1) is 32.2. The minimum atomic E-state index is 1.22. The molecule has 35 heavy (non-hydrogen) atoms. The maximum absolute atomic E-state index is 2.58. The molecule has 0 unspecified atom stereocenters. The first-order chi connectivity index (χ1) is 17.3. The van der Waals surface area contributed by atoms with Crippen LogP contribution in [0.25, 0.3) is 0 Å². The van der Waals surface area contributed by atoms with Crippen molar-refractivity contribution in [1.29, 1.82) is 0 Å². The number of aryl methyl sites for hydroxylation is 2. The lowest BCUT2D eigenvalue weighted by Crippen LogP contribution is -2.37. The minimum absolute atomic E-state index is 1.22. The van der Waals surface area contributed by atoms with Gasteiger partial charge in [-0.1, -0.05) is 143 Å². The maximum Gasteiger partial charge on any atom is 0.256 e. The van der Waals surface area contributed by atoms with Crippen LogP contribution in [0.3, 0.4) is 0 Å². The van der Waals surface area contributed by atoms with Gasteiger partial charge in [-0.25, -0.2) is 9.13 Å². The van der Waals surface area contributed by atoms with Gasteiger partial charge in [0.2, 0.25) is 0 Å². The van der Waals surface area contributed by atoms with E-state index in [4.69, 9.17) is 0 Å². The highest BCUT2D eigenvalue weighted by Crippen LogP contribution is 2.14. The second-order valence-corrected chi connectivity index (χ2v) is 11.3. The zero-order valence-electron chi connectivity index (χ0n) is 24.6.